The zero-order valence-electron chi connectivity index (χ0n) is 6.05. The second kappa shape index (κ2) is 4.12. The maximum Gasteiger partial charge on any atom is 0.384 e. The average molecular weight is 214 g/mol. The van der Waals surface area contributed by atoms with Crippen molar-refractivity contribution < 1.29 is 35.5 Å². The molecule has 13 heavy (non-hydrogen) atoms. The third-order valence-electron chi connectivity index (χ3n) is 0.951. The highest BCUT2D eigenvalue weighted by atomic mass is 19.3. The van der Waals surface area contributed by atoms with Crippen molar-refractivity contribution >= 4 is 0 Å². The summed E-state index contributed by atoms with van der Waals surface area (Å²) in [5, 5.41) is 0. The van der Waals surface area contributed by atoms with Crippen molar-refractivity contribution in [1.29, 1.82) is 0 Å². The van der Waals surface area contributed by atoms with Crippen molar-refractivity contribution in [1.82, 2.24) is 0 Å². The van der Waals surface area contributed by atoms with Crippen LogP contribution in [0, 0.1) is 0 Å². The van der Waals surface area contributed by atoms with Crippen LogP contribution in [0.25, 0.3) is 0 Å². The van der Waals surface area contributed by atoms with E-state index in [0.717, 1.165) is 0 Å². The molecule has 0 radical (unpaired) electrons. The van der Waals surface area contributed by atoms with Gasteiger partial charge in [-0.2, -0.15) is 17.6 Å². The number of halogens is 7. The van der Waals surface area contributed by atoms with Gasteiger partial charge in [-0.05, 0) is 0 Å². The monoisotopic (exact) mass is 214 g/mol. The third-order valence-corrected chi connectivity index (χ3v) is 0.951. The highest BCUT2D eigenvalue weighted by Gasteiger charge is 2.44. The molecule has 0 saturated heterocycles. The molecule has 0 aromatic heterocycles. The van der Waals surface area contributed by atoms with E-state index >= 15 is 0 Å². The Morgan fingerprint density at radius 3 is 1.85 bits per heavy atom. The normalized spacial score (nSPS) is 13.8. The highest BCUT2D eigenvalue weighted by molar-refractivity contribution is 4.68. The molecule has 0 N–H and O–H groups in total. The quantitative estimate of drug-likeness (QED) is 0.638. The van der Waals surface area contributed by atoms with Crippen LogP contribution in [-0.4, -0.2) is 31.7 Å². The Labute approximate surface area is 68.5 Å². The zero-order chi connectivity index (χ0) is 10.7. The number of ether oxygens (including phenoxy) is 1. The Morgan fingerprint density at radius 1 is 1.08 bits per heavy atom. The summed E-state index contributed by atoms with van der Waals surface area (Å²) in [5.74, 6) is -4.70. The van der Waals surface area contributed by atoms with Crippen LogP contribution in [-0.2, 0) is 4.74 Å². The molecule has 0 aliphatic rings. The van der Waals surface area contributed by atoms with Crippen molar-refractivity contribution in [2.75, 3.05) is 13.3 Å². The van der Waals surface area contributed by atoms with Gasteiger partial charge in [0.15, 0.2) is 6.67 Å². The van der Waals surface area contributed by atoms with Gasteiger partial charge in [0.05, 0.1) is 0 Å². The second-order valence-corrected chi connectivity index (χ2v) is 2.12. The smallest absolute Gasteiger partial charge is 0.312 e. The predicted molar refractivity (Wildman–Crippen MR) is 27.8 cm³/mol. The predicted octanol–water partition coefficient (Wildman–Crippen LogP) is 2.47. The molecular weight excluding hydrogens is 209 g/mol. The van der Waals surface area contributed by atoms with Crippen molar-refractivity contribution in [2.24, 2.45) is 0 Å². The standard InChI is InChI=1S/C5H5F7O/c6-1-5(11,12)13-2-4(9,10)3(7)8/h3H,1-2H2. The largest absolute Gasteiger partial charge is 0.384 e. The van der Waals surface area contributed by atoms with Gasteiger partial charge in [-0.3, -0.25) is 0 Å². The summed E-state index contributed by atoms with van der Waals surface area (Å²) in [6.45, 7) is -4.56. The van der Waals surface area contributed by atoms with Crippen LogP contribution in [0.3, 0.4) is 0 Å². The van der Waals surface area contributed by atoms with E-state index in [-0.39, 0.29) is 0 Å². The molecule has 0 fully saturated rings. The highest BCUT2D eigenvalue weighted by Crippen LogP contribution is 2.26. The fourth-order valence-corrected chi connectivity index (χ4v) is 0.303. The van der Waals surface area contributed by atoms with Gasteiger partial charge in [-0.25, -0.2) is 13.2 Å². The molecule has 0 aromatic rings. The van der Waals surface area contributed by atoms with Gasteiger partial charge < -0.3 is 4.74 Å². The maximum atomic E-state index is 11.9. The van der Waals surface area contributed by atoms with E-state index in [4.69, 9.17) is 0 Å². The van der Waals surface area contributed by atoms with E-state index in [1.807, 2.05) is 0 Å². The first kappa shape index (κ1) is 12.5. The van der Waals surface area contributed by atoms with Crippen molar-refractivity contribution in [3.05, 3.63) is 0 Å². The molecule has 8 heteroatoms. The second-order valence-electron chi connectivity index (χ2n) is 2.12. The third kappa shape index (κ3) is 4.30. The summed E-state index contributed by atoms with van der Waals surface area (Å²) in [6, 6.07) is 0. The van der Waals surface area contributed by atoms with Crippen LogP contribution in [0.2, 0.25) is 0 Å². The van der Waals surface area contributed by atoms with Gasteiger partial charge in [0.25, 0.3) is 0 Å². The molecule has 0 heterocycles. The Morgan fingerprint density at radius 2 is 1.54 bits per heavy atom. The molecule has 0 unspecified atom stereocenters. The van der Waals surface area contributed by atoms with E-state index in [2.05, 4.69) is 4.74 Å². The van der Waals surface area contributed by atoms with Gasteiger partial charge in [0.2, 0.25) is 0 Å². The lowest BCUT2D eigenvalue weighted by molar-refractivity contribution is -0.285. The Balaban J connectivity index is 4.02. The lowest BCUT2D eigenvalue weighted by atomic mass is 10.4. The fourth-order valence-electron chi connectivity index (χ4n) is 0.303. The van der Waals surface area contributed by atoms with Crippen LogP contribution in [0.15, 0.2) is 0 Å². The van der Waals surface area contributed by atoms with Gasteiger partial charge in [0, 0.05) is 0 Å². The SMILES string of the molecule is FCC(F)(F)OCC(F)(F)C(F)F. The molecule has 0 saturated carbocycles. The molecule has 0 aliphatic carbocycles. The molecule has 1 nitrogen and oxygen atoms in total. The van der Waals surface area contributed by atoms with Crippen molar-refractivity contribution in [2.45, 2.75) is 18.5 Å². The first-order valence-electron chi connectivity index (χ1n) is 2.95. The molecule has 0 atom stereocenters. The molecule has 0 amide bonds. The first-order valence-corrected chi connectivity index (χ1v) is 2.95. The molecule has 0 rings (SSSR count). The number of hydrogen-bond acceptors (Lipinski definition) is 1. The lowest BCUT2D eigenvalue weighted by Gasteiger charge is -2.18. The van der Waals surface area contributed by atoms with Crippen molar-refractivity contribution in [3.8, 4) is 0 Å². The van der Waals surface area contributed by atoms with Gasteiger partial charge in [-0.1, -0.05) is 0 Å². The van der Waals surface area contributed by atoms with E-state index in [9.17, 15) is 30.7 Å². The molecule has 0 bridgehead atoms. The van der Waals surface area contributed by atoms with Crippen LogP contribution < -0.4 is 0 Å². The number of alkyl halides is 7. The van der Waals surface area contributed by atoms with Gasteiger partial charge in [-0.15, -0.1) is 0 Å². The van der Waals surface area contributed by atoms with E-state index in [1.54, 1.807) is 0 Å². The number of rotatable bonds is 5. The summed E-state index contributed by atoms with van der Waals surface area (Å²) in [6.07, 6.45) is -8.57. The molecule has 0 aliphatic heterocycles. The molecular formula is C5H5F7O. The van der Waals surface area contributed by atoms with Crippen LogP contribution in [0.1, 0.15) is 0 Å². The van der Waals surface area contributed by atoms with E-state index < -0.39 is 31.7 Å². The zero-order valence-corrected chi connectivity index (χ0v) is 6.05. The summed E-state index contributed by atoms with van der Waals surface area (Å²) >= 11 is 0. The average Bonchev–Trinajstić information content (AvgIpc) is 2.01. The van der Waals surface area contributed by atoms with E-state index in [1.165, 1.54) is 0 Å². The Bertz CT molecular complexity index is 157. The van der Waals surface area contributed by atoms with Crippen LogP contribution >= 0.6 is 0 Å². The van der Waals surface area contributed by atoms with Gasteiger partial charge >= 0.3 is 18.5 Å². The number of hydrogen-bond donors (Lipinski definition) is 0. The first-order chi connectivity index (χ1) is 5.71. The van der Waals surface area contributed by atoms with Crippen LogP contribution in [0.5, 0.6) is 0 Å². The van der Waals surface area contributed by atoms with Crippen molar-refractivity contribution in [3.63, 3.8) is 0 Å². The minimum atomic E-state index is -4.70. The Hall–Kier alpha value is -0.530. The maximum absolute atomic E-state index is 11.9. The molecule has 0 spiro atoms. The molecule has 80 valence electrons. The topological polar surface area (TPSA) is 9.23 Å². The fraction of sp³-hybridized carbons (Fsp3) is 1.00. The summed E-state index contributed by atoms with van der Waals surface area (Å²) in [4.78, 5) is 0. The van der Waals surface area contributed by atoms with Gasteiger partial charge in [0.1, 0.15) is 6.61 Å². The minimum Gasteiger partial charge on any atom is -0.312 e. The summed E-state index contributed by atoms with van der Waals surface area (Å²) < 4.78 is 84.2. The van der Waals surface area contributed by atoms with Crippen LogP contribution in [0.4, 0.5) is 30.7 Å². The Kier molecular flexibility index (Phi) is 3.95. The van der Waals surface area contributed by atoms with E-state index in [0.29, 0.717) is 0 Å². The summed E-state index contributed by atoms with van der Waals surface area (Å²) in [7, 11) is 0. The minimum absolute atomic E-state index is 2.22. The summed E-state index contributed by atoms with van der Waals surface area (Å²) in [5.41, 5.74) is 0. The lowest BCUT2D eigenvalue weighted by Crippen LogP contribution is -2.37. The molecule has 0 aromatic carbocycles.